The van der Waals surface area contributed by atoms with E-state index < -0.39 is 0 Å². The molecule has 7 heteroatoms. The van der Waals surface area contributed by atoms with Gasteiger partial charge in [-0.1, -0.05) is 0 Å². The molecule has 0 saturated heterocycles. The van der Waals surface area contributed by atoms with Crippen LogP contribution in [-0.2, 0) is 0 Å². The summed E-state index contributed by atoms with van der Waals surface area (Å²) in [5.74, 6) is -0.300. The number of aromatic nitrogens is 1. The summed E-state index contributed by atoms with van der Waals surface area (Å²) in [7, 11) is 5.33. The Morgan fingerprint density at radius 3 is 2.76 bits per heavy atom. The molecule has 1 heterocycles. The van der Waals surface area contributed by atoms with Crippen LogP contribution in [0.1, 0.15) is 5.69 Å². The van der Waals surface area contributed by atoms with Crippen molar-refractivity contribution in [3.8, 4) is 0 Å². The number of anilines is 1. The van der Waals surface area contributed by atoms with Crippen LogP contribution in [0.2, 0.25) is 0 Å². The van der Waals surface area contributed by atoms with Crippen molar-refractivity contribution in [2.75, 3.05) is 26.5 Å². The molecule has 0 radical (unpaired) electrons. The molecule has 2 N–H and O–H groups in total. The molecule has 1 aromatic heterocycles. The third-order valence-corrected chi connectivity index (χ3v) is 3.39. The van der Waals surface area contributed by atoms with Crippen molar-refractivity contribution in [3.63, 3.8) is 0 Å². The van der Waals surface area contributed by atoms with Crippen molar-refractivity contribution in [2.24, 2.45) is 5.10 Å². The zero-order valence-corrected chi connectivity index (χ0v) is 12.8. The summed E-state index contributed by atoms with van der Waals surface area (Å²) in [5.41, 5.74) is 3.82. The first-order valence-electron chi connectivity index (χ1n) is 6.30. The summed E-state index contributed by atoms with van der Waals surface area (Å²) in [6, 6.07) is 4.86. The summed E-state index contributed by atoms with van der Waals surface area (Å²) < 4.78 is 13.7. The molecule has 0 atom stereocenters. The molecule has 0 aliphatic carbocycles. The number of fused-ring (bicyclic) bond motifs is 1. The fraction of sp³-hybridized carbons (Fsp3) is 0.214. The number of halogens is 1. The first-order valence-corrected chi connectivity index (χ1v) is 6.70. The minimum atomic E-state index is -0.300. The van der Waals surface area contributed by atoms with Gasteiger partial charge >= 0.3 is 0 Å². The Balaban J connectivity index is 2.37. The van der Waals surface area contributed by atoms with Crippen LogP contribution < -0.4 is 10.7 Å². The molecule has 2 rings (SSSR count). The Kier molecular flexibility index (Phi) is 4.64. The Morgan fingerprint density at radius 1 is 1.33 bits per heavy atom. The Bertz CT molecular complexity index is 699. The van der Waals surface area contributed by atoms with Gasteiger partial charge < -0.3 is 10.2 Å². The molecule has 110 valence electrons. The van der Waals surface area contributed by atoms with Gasteiger partial charge in [-0.15, -0.1) is 0 Å². The van der Waals surface area contributed by atoms with Gasteiger partial charge in [0.2, 0.25) is 0 Å². The average molecular weight is 305 g/mol. The predicted molar refractivity (Wildman–Crippen MR) is 88.3 cm³/mol. The fourth-order valence-corrected chi connectivity index (χ4v) is 1.91. The molecular formula is C14H16FN5S. The van der Waals surface area contributed by atoms with Crippen molar-refractivity contribution in [2.45, 2.75) is 0 Å². The average Bonchev–Trinajstić information content (AvgIpc) is 2.47. The summed E-state index contributed by atoms with van der Waals surface area (Å²) in [6.45, 7) is 0. The van der Waals surface area contributed by atoms with E-state index in [0.717, 1.165) is 10.8 Å². The maximum Gasteiger partial charge on any atom is 0.189 e. The maximum absolute atomic E-state index is 13.7. The fourth-order valence-electron chi connectivity index (χ4n) is 1.86. The Morgan fingerprint density at radius 2 is 2.10 bits per heavy atom. The lowest BCUT2D eigenvalue weighted by atomic mass is 10.1. The molecule has 1 aromatic carbocycles. The SMILES string of the molecule is CNc1c(F)ccc2c(/C=N/NC(=S)N(C)C)nccc12. The van der Waals surface area contributed by atoms with Crippen molar-refractivity contribution < 1.29 is 4.39 Å². The molecule has 5 nitrogen and oxygen atoms in total. The van der Waals surface area contributed by atoms with Crippen molar-refractivity contribution in [3.05, 3.63) is 35.9 Å². The van der Waals surface area contributed by atoms with E-state index in [9.17, 15) is 4.39 Å². The number of benzene rings is 1. The number of nitrogens with zero attached hydrogens (tertiary/aromatic N) is 3. The van der Waals surface area contributed by atoms with E-state index in [1.54, 1.807) is 36.5 Å². The molecule has 0 amide bonds. The predicted octanol–water partition coefficient (Wildman–Crippen LogP) is 2.19. The van der Waals surface area contributed by atoms with Crippen LogP contribution in [0.5, 0.6) is 0 Å². The summed E-state index contributed by atoms with van der Waals surface area (Å²) in [4.78, 5) is 5.99. The van der Waals surface area contributed by atoms with Gasteiger partial charge in [0.05, 0.1) is 17.6 Å². The number of thiocarbonyl (C=S) groups is 1. The zero-order chi connectivity index (χ0) is 15.4. The van der Waals surface area contributed by atoms with E-state index >= 15 is 0 Å². The second kappa shape index (κ2) is 6.45. The second-order valence-corrected chi connectivity index (χ2v) is 4.92. The van der Waals surface area contributed by atoms with Crippen molar-refractivity contribution in [1.82, 2.24) is 15.3 Å². The molecule has 0 unspecified atom stereocenters. The molecule has 0 spiro atoms. The van der Waals surface area contributed by atoms with Crippen LogP contribution in [0, 0.1) is 5.82 Å². The van der Waals surface area contributed by atoms with Gasteiger partial charge in [-0.2, -0.15) is 5.10 Å². The van der Waals surface area contributed by atoms with E-state index in [1.165, 1.54) is 6.07 Å². The van der Waals surface area contributed by atoms with Gasteiger partial charge in [0, 0.05) is 38.1 Å². The van der Waals surface area contributed by atoms with E-state index in [0.29, 0.717) is 16.5 Å². The quantitative estimate of drug-likeness (QED) is 0.517. The third kappa shape index (κ3) is 3.25. The molecule has 0 aliphatic heterocycles. The van der Waals surface area contributed by atoms with Crippen molar-refractivity contribution in [1.29, 1.82) is 0 Å². The molecular weight excluding hydrogens is 289 g/mol. The van der Waals surface area contributed by atoms with Gasteiger partial charge in [-0.3, -0.25) is 10.4 Å². The van der Waals surface area contributed by atoms with E-state index in [2.05, 4.69) is 20.8 Å². The van der Waals surface area contributed by atoms with Crippen LogP contribution in [-0.4, -0.2) is 42.4 Å². The number of hydrogen-bond donors (Lipinski definition) is 2. The number of hydrogen-bond acceptors (Lipinski definition) is 4. The highest BCUT2D eigenvalue weighted by Gasteiger charge is 2.08. The number of rotatable bonds is 3. The molecule has 0 saturated carbocycles. The minimum absolute atomic E-state index is 0.300. The highest BCUT2D eigenvalue weighted by atomic mass is 32.1. The van der Waals surface area contributed by atoms with Crippen LogP contribution in [0.3, 0.4) is 0 Å². The van der Waals surface area contributed by atoms with Gasteiger partial charge in [0.1, 0.15) is 5.82 Å². The van der Waals surface area contributed by atoms with Gasteiger partial charge in [0.25, 0.3) is 0 Å². The lowest BCUT2D eigenvalue weighted by molar-refractivity contribution is 0.606. The van der Waals surface area contributed by atoms with Gasteiger partial charge in [-0.05, 0) is 30.4 Å². The van der Waals surface area contributed by atoms with Gasteiger partial charge in [-0.25, -0.2) is 4.39 Å². The Labute approximate surface area is 127 Å². The largest absolute Gasteiger partial charge is 0.385 e. The van der Waals surface area contributed by atoms with E-state index in [4.69, 9.17) is 12.2 Å². The maximum atomic E-state index is 13.7. The van der Waals surface area contributed by atoms with Crippen LogP contribution in [0.25, 0.3) is 10.8 Å². The topological polar surface area (TPSA) is 52.6 Å². The number of hydrazone groups is 1. The summed E-state index contributed by atoms with van der Waals surface area (Å²) >= 11 is 5.07. The molecule has 0 aliphatic rings. The van der Waals surface area contributed by atoms with Gasteiger partial charge in [0.15, 0.2) is 5.11 Å². The first kappa shape index (κ1) is 15.1. The lowest BCUT2D eigenvalue weighted by Crippen LogP contribution is -2.30. The molecule has 0 fully saturated rings. The summed E-state index contributed by atoms with van der Waals surface area (Å²) in [5, 5.41) is 8.98. The van der Waals surface area contributed by atoms with Crippen LogP contribution >= 0.6 is 12.2 Å². The third-order valence-electron chi connectivity index (χ3n) is 2.93. The standard InChI is InChI=1S/C14H16FN5S/c1-16-13-10-6-7-17-12(9(10)4-5-11(13)15)8-18-19-14(21)20(2)3/h4-8,16H,1-3H3,(H,19,21)/b18-8+. The van der Waals surface area contributed by atoms with Crippen molar-refractivity contribution >= 4 is 40.0 Å². The Hall–Kier alpha value is -2.28. The minimum Gasteiger partial charge on any atom is -0.385 e. The van der Waals surface area contributed by atoms with E-state index in [-0.39, 0.29) is 5.82 Å². The molecule has 2 aromatic rings. The van der Waals surface area contributed by atoms with E-state index in [1.807, 2.05) is 14.1 Å². The molecule has 21 heavy (non-hydrogen) atoms. The normalized spacial score (nSPS) is 10.9. The molecule has 0 bridgehead atoms. The highest BCUT2D eigenvalue weighted by molar-refractivity contribution is 7.80. The van der Waals surface area contributed by atoms with Crippen LogP contribution in [0.15, 0.2) is 29.5 Å². The number of pyridine rings is 1. The lowest BCUT2D eigenvalue weighted by Gasteiger charge is -2.11. The summed E-state index contributed by atoms with van der Waals surface area (Å²) in [6.07, 6.45) is 3.18. The zero-order valence-electron chi connectivity index (χ0n) is 12.0. The number of nitrogens with one attached hydrogen (secondary N) is 2. The smallest absolute Gasteiger partial charge is 0.189 e. The second-order valence-electron chi connectivity index (χ2n) is 4.53. The first-order chi connectivity index (χ1) is 10.0. The monoisotopic (exact) mass is 305 g/mol. The highest BCUT2D eigenvalue weighted by Crippen LogP contribution is 2.26. The van der Waals surface area contributed by atoms with Crippen LogP contribution in [0.4, 0.5) is 10.1 Å².